The number of thiazole rings is 1. The van der Waals surface area contributed by atoms with Gasteiger partial charge in [-0.3, -0.25) is 4.79 Å². The molecule has 1 amide bonds. The van der Waals surface area contributed by atoms with Gasteiger partial charge in [0.1, 0.15) is 10.6 Å². The number of likely N-dealkylation sites (tertiary alicyclic amines) is 1. The summed E-state index contributed by atoms with van der Waals surface area (Å²) in [7, 11) is -3.75. The van der Waals surface area contributed by atoms with Crippen molar-refractivity contribution in [2.45, 2.75) is 43.9 Å². The molecule has 30 heavy (non-hydrogen) atoms. The van der Waals surface area contributed by atoms with Crippen LogP contribution in [0.1, 0.15) is 41.6 Å². The first kappa shape index (κ1) is 21.0. The van der Waals surface area contributed by atoms with Crippen molar-refractivity contribution in [2.75, 3.05) is 19.6 Å². The van der Waals surface area contributed by atoms with Gasteiger partial charge in [0.05, 0.1) is 15.2 Å². The molecule has 3 aromatic rings. The number of piperidine rings is 1. The topological polar surface area (TPSA) is 105 Å². The Morgan fingerprint density at radius 1 is 1.27 bits per heavy atom. The quantitative estimate of drug-likeness (QED) is 0.621. The maximum Gasteiger partial charge on any atom is 0.245 e. The first-order valence-corrected chi connectivity index (χ1v) is 12.2. The average molecular weight is 449 g/mol. The Hall–Kier alpha value is -2.30. The predicted octanol–water partition coefficient (Wildman–Crippen LogP) is 2.98. The van der Waals surface area contributed by atoms with Crippen LogP contribution in [0, 0.1) is 13.8 Å². The Morgan fingerprint density at radius 3 is 2.67 bits per heavy atom. The first-order valence-electron chi connectivity index (χ1n) is 9.91. The number of amides is 1. The Labute approximate surface area is 179 Å². The van der Waals surface area contributed by atoms with Gasteiger partial charge >= 0.3 is 0 Å². The normalized spacial score (nSPS) is 15.7. The summed E-state index contributed by atoms with van der Waals surface area (Å²) in [6.45, 7) is 4.50. The molecule has 0 saturated carbocycles. The van der Waals surface area contributed by atoms with E-state index in [0.717, 1.165) is 23.4 Å². The number of hydrogen-bond donors (Lipinski definition) is 1. The minimum absolute atomic E-state index is 0.0424. The Balaban J connectivity index is 1.28. The van der Waals surface area contributed by atoms with Crippen molar-refractivity contribution in [2.24, 2.45) is 0 Å². The number of fused-ring (bicyclic) bond motifs is 1. The van der Waals surface area contributed by atoms with Crippen molar-refractivity contribution >= 4 is 37.5 Å². The Morgan fingerprint density at radius 2 is 2.00 bits per heavy atom. The van der Waals surface area contributed by atoms with Crippen molar-refractivity contribution in [3.8, 4) is 0 Å². The summed E-state index contributed by atoms with van der Waals surface area (Å²) in [6, 6.07) is 8.12. The summed E-state index contributed by atoms with van der Waals surface area (Å²) in [5.74, 6) is 0.562. The highest BCUT2D eigenvalue weighted by molar-refractivity contribution is 7.89. The second kappa shape index (κ2) is 8.44. The van der Waals surface area contributed by atoms with Gasteiger partial charge in [-0.05, 0) is 38.8 Å². The third kappa shape index (κ3) is 4.26. The van der Waals surface area contributed by atoms with E-state index in [-0.39, 0.29) is 29.5 Å². The summed E-state index contributed by atoms with van der Waals surface area (Å²) in [6.07, 6.45) is 1.86. The van der Waals surface area contributed by atoms with E-state index in [0.29, 0.717) is 24.7 Å². The van der Waals surface area contributed by atoms with Gasteiger partial charge in [0, 0.05) is 32.0 Å². The Bertz CT molecular complexity index is 1110. The number of hydrogen-bond acceptors (Lipinski definition) is 7. The standard InChI is InChI=1S/C20H24N4O4S2/c1-13-19(14(2)28-23-13)30(26,27)21-10-7-18(25)24-11-8-15(9-12-24)20-22-16-5-3-4-6-17(16)29-20/h3-6,15,21H,7-12H2,1-2H3. The second-order valence-electron chi connectivity index (χ2n) is 7.48. The zero-order valence-corrected chi connectivity index (χ0v) is 18.6. The number of rotatable bonds is 6. The fraction of sp³-hybridized carbons (Fsp3) is 0.450. The van der Waals surface area contributed by atoms with E-state index in [1.54, 1.807) is 25.2 Å². The summed E-state index contributed by atoms with van der Waals surface area (Å²) >= 11 is 1.73. The van der Waals surface area contributed by atoms with Crippen molar-refractivity contribution in [1.82, 2.24) is 19.8 Å². The maximum absolute atomic E-state index is 12.5. The molecule has 160 valence electrons. The molecule has 1 N–H and O–H groups in total. The largest absolute Gasteiger partial charge is 0.360 e. The molecule has 10 heteroatoms. The van der Waals surface area contributed by atoms with Gasteiger partial charge in [0.25, 0.3) is 0 Å². The minimum Gasteiger partial charge on any atom is -0.360 e. The number of nitrogens with one attached hydrogen (secondary N) is 1. The molecule has 8 nitrogen and oxygen atoms in total. The zero-order chi connectivity index (χ0) is 21.3. The van der Waals surface area contributed by atoms with Gasteiger partial charge in [0.15, 0.2) is 5.76 Å². The highest BCUT2D eigenvalue weighted by Gasteiger charge is 2.27. The zero-order valence-electron chi connectivity index (χ0n) is 16.9. The third-order valence-corrected chi connectivity index (χ3v) is 8.28. The lowest BCUT2D eigenvalue weighted by Gasteiger charge is -2.31. The average Bonchev–Trinajstić information content (AvgIpc) is 3.31. The van der Waals surface area contributed by atoms with E-state index in [1.807, 2.05) is 23.1 Å². The van der Waals surface area contributed by atoms with Crippen LogP contribution in [0.4, 0.5) is 0 Å². The van der Waals surface area contributed by atoms with Crippen molar-refractivity contribution in [1.29, 1.82) is 0 Å². The van der Waals surface area contributed by atoms with E-state index in [4.69, 9.17) is 9.51 Å². The number of nitrogens with zero attached hydrogens (tertiary/aromatic N) is 3. The van der Waals surface area contributed by atoms with Crippen LogP contribution < -0.4 is 4.72 Å². The molecular weight excluding hydrogens is 424 g/mol. The number of aromatic nitrogens is 2. The fourth-order valence-corrected chi connectivity index (χ4v) is 6.31. The number of carbonyl (C=O) groups excluding carboxylic acids is 1. The van der Waals surface area contributed by atoms with Gasteiger partial charge in [-0.1, -0.05) is 17.3 Å². The molecule has 0 radical (unpaired) electrons. The molecule has 1 saturated heterocycles. The number of carbonyl (C=O) groups is 1. The van der Waals surface area contributed by atoms with Crippen molar-refractivity contribution in [3.63, 3.8) is 0 Å². The number of para-hydroxylation sites is 1. The molecule has 0 spiro atoms. The smallest absolute Gasteiger partial charge is 0.245 e. The number of aryl methyl sites for hydroxylation is 2. The second-order valence-corrected chi connectivity index (χ2v) is 10.2. The molecule has 0 atom stereocenters. The lowest BCUT2D eigenvalue weighted by Crippen LogP contribution is -2.39. The summed E-state index contributed by atoms with van der Waals surface area (Å²) in [4.78, 5) is 19.1. The fourth-order valence-electron chi connectivity index (χ4n) is 3.82. The minimum atomic E-state index is -3.75. The van der Waals surface area contributed by atoms with Crippen molar-refractivity contribution in [3.05, 3.63) is 40.7 Å². The van der Waals surface area contributed by atoms with Gasteiger partial charge in [-0.2, -0.15) is 0 Å². The maximum atomic E-state index is 12.5. The van der Waals surface area contributed by atoms with E-state index >= 15 is 0 Å². The van der Waals surface area contributed by atoms with Crippen LogP contribution in [0.5, 0.6) is 0 Å². The van der Waals surface area contributed by atoms with Crippen LogP contribution in [0.15, 0.2) is 33.7 Å². The molecule has 3 heterocycles. The van der Waals surface area contributed by atoms with Crippen LogP contribution in [0.2, 0.25) is 0 Å². The molecule has 1 aliphatic heterocycles. The molecule has 1 fully saturated rings. The molecule has 0 aliphatic carbocycles. The molecule has 4 rings (SSSR count). The molecule has 0 bridgehead atoms. The van der Waals surface area contributed by atoms with Gasteiger partial charge < -0.3 is 9.42 Å². The van der Waals surface area contributed by atoms with Crippen LogP contribution >= 0.6 is 11.3 Å². The summed E-state index contributed by atoms with van der Waals surface area (Å²) in [5, 5.41) is 4.81. The van der Waals surface area contributed by atoms with E-state index in [2.05, 4.69) is 15.9 Å². The Kier molecular flexibility index (Phi) is 5.90. The van der Waals surface area contributed by atoms with Crippen LogP contribution in [-0.2, 0) is 14.8 Å². The van der Waals surface area contributed by atoms with Gasteiger partial charge in [0.2, 0.25) is 15.9 Å². The highest BCUT2D eigenvalue weighted by Crippen LogP contribution is 2.33. The molecular formula is C20H24N4O4S2. The van der Waals surface area contributed by atoms with Gasteiger partial charge in [-0.15, -0.1) is 11.3 Å². The van der Waals surface area contributed by atoms with Crippen LogP contribution in [0.3, 0.4) is 0 Å². The SMILES string of the molecule is Cc1noc(C)c1S(=O)(=O)NCCC(=O)N1CCC(c2nc3ccccc3s2)CC1. The van der Waals surface area contributed by atoms with E-state index in [1.165, 1.54) is 4.70 Å². The van der Waals surface area contributed by atoms with Crippen LogP contribution in [-0.4, -0.2) is 49.0 Å². The lowest BCUT2D eigenvalue weighted by atomic mass is 9.97. The van der Waals surface area contributed by atoms with E-state index < -0.39 is 10.0 Å². The summed E-state index contributed by atoms with van der Waals surface area (Å²) < 4.78 is 33.4. The van der Waals surface area contributed by atoms with Crippen molar-refractivity contribution < 1.29 is 17.7 Å². The lowest BCUT2D eigenvalue weighted by molar-refractivity contribution is -0.132. The summed E-state index contributed by atoms with van der Waals surface area (Å²) in [5.41, 5.74) is 1.34. The molecule has 0 unspecified atom stereocenters. The molecule has 2 aromatic heterocycles. The highest BCUT2D eigenvalue weighted by atomic mass is 32.2. The molecule has 1 aromatic carbocycles. The van der Waals surface area contributed by atoms with Crippen LogP contribution in [0.25, 0.3) is 10.2 Å². The monoisotopic (exact) mass is 448 g/mol. The number of sulfonamides is 1. The number of benzene rings is 1. The van der Waals surface area contributed by atoms with E-state index in [9.17, 15) is 13.2 Å². The predicted molar refractivity (Wildman–Crippen MR) is 114 cm³/mol. The molecule has 1 aliphatic rings. The van der Waals surface area contributed by atoms with Gasteiger partial charge in [-0.25, -0.2) is 18.1 Å². The first-order chi connectivity index (χ1) is 14.3. The third-order valence-electron chi connectivity index (χ3n) is 5.37.